The second kappa shape index (κ2) is 7.64. The van der Waals surface area contributed by atoms with Crippen LogP contribution in [0.1, 0.15) is 42.6 Å². The molecule has 1 saturated heterocycles. The Morgan fingerprint density at radius 1 is 1.24 bits per heavy atom. The molecule has 2 rings (SSSR count). The van der Waals surface area contributed by atoms with Crippen LogP contribution in [-0.4, -0.2) is 35.4 Å². The second-order valence-corrected chi connectivity index (χ2v) is 6.90. The van der Waals surface area contributed by atoms with Crippen LogP contribution in [0.4, 0.5) is 0 Å². The second-order valence-electron chi connectivity index (χ2n) is 5.59. The zero-order chi connectivity index (χ0) is 15.2. The molecular formula is C17H23NO2S. The molecule has 1 fully saturated rings. The lowest BCUT2D eigenvalue weighted by atomic mass is 10.0. The first-order valence-electron chi connectivity index (χ1n) is 7.52. The molecule has 1 aromatic carbocycles. The maximum absolute atomic E-state index is 12.1. The average molecular weight is 305 g/mol. The molecule has 1 amide bonds. The topological polar surface area (TPSA) is 37.4 Å². The minimum Gasteiger partial charge on any atom is -0.342 e. The van der Waals surface area contributed by atoms with Crippen LogP contribution < -0.4 is 0 Å². The smallest absolute Gasteiger partial charge is 0.223 e. The van der Waals surface area contributed by atoms with Crippen LogP contribution in [0, 0.1) is 6.92 Å². The van der Waals surface area contributed by atoms with Gasteiger partial charge in [0.15, 0.2) is 0 Å². The third-order valence-corrected chi connectivity index (χ3v) is 5.23. The number of ketones is 1. The van der Waals surface area contributed by atoms with Crippen LogP contribution in [0.25, 0.3) is 0 Å². The zero-order valence-corrected chi connectivity index (χ0v) is 13.6. The fourth-order valence-electron chi connectivity index (χ4n) is 2.66. The SMILES string of the molecule is CC(=O)CCC(=O)N1CCSC(c2ccccc2C)CC1. The predicted octanol–water partition coefficient (Wildman–Crippen LogP) is 3.37. The number of aryl methyl sites for hydroxylation is 1. The highest BCUT2D eigenvalue weighted by Crippen LogP contribution is 2.35. The maximum atomic E-state index is 12.1. The third-order valence-electron chi connectivity index (χ3n) is 3.92. The van der Waals surface area contributed by atoms with Gasteiger partial charge in [0.05, 0.1) is 0 Å². The van der Waals surface area contributed by atoms with E-state index in [1.807, 2.05) is 16.7 Å². The monoisotopic (exact) mass is 305 g/mol. The van der Waals surface area contributed by atoms with E-state index >= 15 is 0 Å². The lowest BCUT2D eigenvalue weighted by Gasteiger charge is -2.20. The molecule has 0 saturated carbocycles. The molecule has 1 aliphatic rings. The number of hydrogen-bond acceptors (Lipinski definition) is 3. The van der Waals surface area contributed by atoms with E-state index in [-0.39, 0.29) is 11.7 Å². The summed E-state index contributed by atoms with van der Waals surface area (Å²) in [5.74, 6) is 1.17. The standard InChI is InChI=1S/C17H23NO2S/c1-13-5-3-4-6-15(13)16-9-10-18(11-12-21-16)17(20)8-7-14(2)19/h3-6,16H,7-12H2,1-2H3. The fourth-order valence-corrected chi connectivity index (χ4v) is 3.98. The Morgan fingerprint density at radius 3 is 2.71 bits per heavy atom. The first kappa shape index (κ1) is 16.1. The molecular weight excluding hydrogens is 282 g/mol. The molecule has 21 heavy (non-hydrogen) atoms. The largest absolute Gasteiger partial charge is 0.342 e. The van der Waals surface area contributed by atoms with Gasteiger partial charge in [-0.05, 0) is 31.4 Å². The Morgan fingerprint density at radius 2 is 2.00 bits per heavy atom. The summed E-state index contributed by atoms with van der Waals surface area (Å²) in [6.45, 7) is 5.28. The van der Waals surface area contributed by atoms with Gasteiger partial charge in [-0.1, -0.05) is 24.3 Å². The molecule has 0 bridgehead atoms. The Kier molecular flexibility index (Phi) is 5.85. The van der Waals surface area contributed by atoms with Crippen LogP contribution in [-0.2, 0) is 9.59 Å². The van der Waals surface area contributed by atoms with Crippen molar-refractivity contribution in [2.24, 2.45) is 0 Å². The summed E-state index contributed by atoms with van der Waals surface area (Å²) >= 11 is 1.94. The molecule has 1 aromatic rings. The van der Waals surface area contributed by atoms with E-state index in [4.69, 9.17) is 0 Å². The summed E-state index contributed by atoms with van der Waals surface area (Å²) in [6, 6.07) is 8.50. The number of carbonyl (C=O) groups excluding carboxylic acids is 2. The van der Waals surface area contributed by atoms with Crippen molar-refractivity contribution in [1.29, 1.82) is 0 Å². The molecule has 1 unspecified atom stereocenters. The van der Waals surface area contributed by atoms with Crippen molar-refractivity contribution in [2.75, 3.05) is 18.8 Å². The van der Waals surface area contributed by atoms with Crippen molar-refractivity contribution in [3.63, 3.8) is 0 Å². The van der Waals surface area contributed by atoms with E-state index in [0.29, 0.717) is 18.1 Å². The highest BCUT2D eigenvalue weighted by atomic mass is 32.2. The number of amides is 1. The summed E-state index contributed by atoms with van der Waals surface area (Å²) in [7, 11) is 0. The molecule has 114 valence electrons. The number of rotatable bonds is 4. The molecule has 1 heterocycles. The van der Waals surface area contributed by atoms with Crippen molar-refractivity contribution in [2.45, 2.75) is 38.4 Å². The molecule has 1 atom stereocenters. The van der Waals surface area contributed by atoms with E-state index in [1.54, 1.807) is 6.92 Å². The summed E-state index contributed by atoms with van der Waals surface area (Å²) in [4.78, 5) is 25.1. The number of benzene rings is 1. The van der Waals surface area contributed by atoms with Crippen molar-refractivity contribution in [3.8, 4) is 0 Å². The first-order valence-corrected chi connectivity index (χ1v) is 8.57. The number of carbonyl (C=O) groups is 2. The van der Waals surface area contributed by atoms with Gasteiger partial charge in [-0.2, -0.15) is 11.8 Å². The molecule has 4 heteroatoms. The Labute approximate surface area is 131 Å². The van der Waals surface area contributed by atoms with Crippen LogP contribution in [0.2, 0.25) is 0 Å². The molecule has 0 N–H and O–H groups in total. The van der Waals surface area contributed by atoms with Crippen molar-refractivity contribution < 1.29 is 9.59 Å². The third kappa shape index (κ3) is 4.60. The quantitative estimate of drug-likeness (QED) is 0.856. The van der Waals surface area contributed by atoms with Gasteiger partial charge in [-0.15, -0.1) is 0 Å². The Hall–Kier alpha value is -1.29. The lowest BCUT2D eigenvalue weighted by Crippen LogP contribution is -2.33. The Balaban J connectivity index is 1.94. The number of hydrogen-bond donors (Lipinski definition) is 0. The zero-order valence-electron chi connectivity index (χ0n) is 12.8. The molecule has 0 radical (unpaired) electrons. The van der Waals surface area contributed by atoms with Gasteiger partial charge >= 0.3 is 0 Å². The minimum atomic E-state index is 0.0883. The minimum absolute atomic E-state index is 0.0883. The predicted molar refractivity (Wildman–Crippen MR) is 87.5 cm³/mol. The normalized spacial score (nSPS) is 19.1. The van der Waals surface area contributed by atoms with Crippen molar-refractivity contribution in [3.05, 3.63) is 35.4 Å². The van der Waals surface area contributed by atoms with Crippen LogP contribution >= 0.6 is 11.8 Å². The van der Waals surface area contributed by atoms with Crippen molar-refractivity contribution >= 4 is 23.5 Å². The van der Waals surface area contributed by atoms with Crippen LogP contribution in [0.5, 0.6) is 0 Å². The van der Waals surface area contributed by atoms with Crippen molar-refractivity contribution in [1.82, 2.24) is 4.90 Å². The number of nitrogens with zero attached hydrogens (tertiary/aromatic N) is 1. The molecule has 1 aliphatic heterocycles. The molecule has 3 nitrogen and oxygen atoms in total. The fraction of sp³-hybridized carbons (Fsp3) is 0.529. The Bertz CT molecular complexity index is 515. The number of Topliss-reactive ketones (excluding diaryl/α,β-unsaturated/α-hetero) is 1. The number of thioether (sulfide) groups is 1. The van der Waals surface area contributed by atoms with E-state index in [1.165, 1.54) is 11.1 Å². The lowest BCUT2D eigenvalue weighted by molar-refractivity contribution is -0.132. The van der Waals surface area contributed by atoms with Crippen LogP contribution in [0.3, 0.4) is 0 Å². The van der Waals surface area contributed by atoms with Gasteiger partial charge in [0, 0.05) is 36.9 Å². The van der Waals surface area contributed by atoms with E-state index < -0.39 is 0 Å². The van der Waals surface area contributed by atoms with Gasteiger partial charge in [0.1, 0.15) is 5.78 Å². The summed E-state index contributed by atoms with van der Waals surface area (Å²) < 4.78 is 0. The van der Waals surface area contributed by atoms with Gasteiger partial charge < -0.3 is 9.69 Å². The van der Waals surface area contributed by atoms with Crippen LogP contribution in [0.15, 0.2) is 24.3 Å². The summed E-state index contributed by atoms with van der Waals surface area (Å²) in [6.07, 6.45) is 1.71. The van der Waals surface area contributed by atoms with E-state index in [2.05, 4.69) is 31.2 Å². The summed E-state index contributed by atoms with van der Waals surface area (Å²) in [5, 5.41) is 0.469. The van der Waals surface area contributed by atoms with Gasteiger partial charge in [-0.25, -0.2) is 0 Å². The van der Waals surface area contributed by atoms with Gasteiger partial charge in [0.25, 0.3) is 0 Å². The molecule has 0 aromatic heterocycles. The van der Waals surface area contributed by atoms with E-state index in [0.717, 1.165) is 25.3 Å². The summed E-state index contributed by atoms with van der Waals surface area (Å²) in [5.41, 5.74) is 2.71. The van der Waals surface area contributed by atoms with Gasteiger partial charge in [-0.3, -0.25) is 4.79 Å². The van der Waals surface area contributed by atoms with Gasteiger partial charge in [0.2, 0.25) is 5.91 Å². The molecule has 0 spiro atoms. The highest BCUT2D eigenvalue weighted by molar-refractivity contribution is 7.99. The van der Waals surface area contributed by atoms with E-state index in [9.17, 15) is 9.59 Å². The first-order chi connectivity index (χ1) is 10.1. The highest BCUT2D eigenvalue weighted by Gasteiger charge is 2.22. The maximum Gasteiger partial charge on any atom is 0.223 e. The molecule has 0 aliphatic carbocycles. The average Bonchev–Trinajstić information content (AvgIpc) is 2.71.